The normalized spacial score (nSPS) is 8.25. The second-order valence-corrected chi connectivity index (χ2v) is 1.33. The molecule has 0 fully saturated rings. The average Bonchev–Trinajstić information content (AvgIpc) is 1.69. The summed E-state index contributed by atoms with van der Waals surface area (Å²) >= 11 is 0. The molecule has 0 bridgehead atoms. The summed E-state index contributed by atoms with van der Waals surface area (Å²) < 4.78 is 0. The lowest BCUT2D eigenvalue weighted by Gasteiger charge is -1.95. The average molecular weight is 119 g/mol. The molecule has 0 radical (unpaired) electrons. The quantitative estimate of drug-likeness (QED) is 0.421. The van der Waals surface area contributed by atoms with E-state index in [1.165, 1.54) is 0 Å². The van der Waals surface area contributed by atoms with Gasteiger partial charge in [-0.2, -0.15) is 0 Å². The lowest BCUT2D eigenvalue weighted by atomic mass is 10.6. The predicted octanol–water partition coefficient (Wildman–Crippen LogP) is -0.870. The van der Waals surface area contributed by atoms with Crippen molar-refractivity contribution in [3.05, 3.63) is 0 Å². The van der Waals surface area contributed by atoms with Crippen molar-refractivity contribution in [3.63, 3.8) is 0 Å². The summed E-state index contributed by atoms with van der Waals surface area (Å²) in [6, 6.07) is 0. The molecule has 5 N–H and O–H groups in total. The number of hydrogen-bond donors (Lipinski definition) is 3. The van der Waals surface area contributed by atoms with E-state index in [1.54, 1.807) is 0 Å². The molecule has 0 spiro atoms. The lowest BCUT2D eigenvalue weighted by Crippen LogP contribution is -2.27. The molecule has 0 aromatic carbocycles. The molecule has 3 nitrogen and oxygen atoms in total. The second kappa shape index (κ2) is 9.99. The molecule has 0 rings (SSSR count). The van der Waals surface area contributed by atoms with E-state index in [4.69, 9.17) is 11.5 Å². The Balaban J connectivity index is 0. The van der Waals surface area contributed by atoms with Crippen LogP contribution in [0.5, 0.6) is 0 Å². The number of hydrogen-bond acceptors (Lipinski definition) is 3. The van der Waals surface area contributed by atoms with Gasteiger partial charge >= 0.3 is 0 Å². The maximum absolute atomic E-state index is 5.17. The topological polar surface area (TPSA) is 64.1 Å². The Morgan fingerprint density at radius 3 is 1.62 bits per heavy atom. The maximum atomic E-state index is 5.17. The fourth-order valence-corrected chi connectivity index (χ4v) is 0.329. The summed E-state index contributed by atoms with van der Waals surface area (Å²) in [6.45, 7) is 3.13. The fourth-order valence-electron chi connectivity index (χ4n) is 0.329. The van der Waals surface area contributed by atoms with Crippen LogP contribution in [0.4, 0.5) is 0 Å². The molecule has 0 unspecified atom stereocenters. The Hall–Kier alpha value is -0.120. The van der Waals surface area contributed by atoms with Gasteiger partial charge in [-0.3, -0.25) is 0 Å². The van der Waals surface area contributed by atoms with E-state index in [0.717, 1.165) is 13.1 Å². The van der Waals surface area contributed by atoms with Crippen LogP contribution in [-0.2, 0) is 0 Å². The van der Waals surface area contributed by atoms with Crippen molar-refractivity contribution >= 4 is 0 Å². The van der Waals surface area contributed by atoms with E-state index in [2.05, 4.69) is 5.32 Å². The lowest BCUT2D eigenvalue weighted by molar-refractivity contribution is 0.696. The van der Waals surface area contributed by atoms with Crippen molar-refractivity contribution < 1.29 is 0 Å². The summed E-state index contributed by atoms with van der Waals surface area (Å²) in [4.78, 5) is 0. The molecule has 0 aliphatic rings. The second-order valence-electron chi connectivity index (χ2n) is 1.33. The first kappa shape index (κ1) is 10.8. The summed E-state index contributed by atoms with van der Waals surface area (Å²) in [5.41, 5.74) is 10.3. The smallest absolute Gasteiger partial charge is 0.00750 e. The van der Waals surface area contributed by atoms with E-state index < -0.39 is 0 Å². The van der Waals surface area contributed by atoms with Gasteiger partial charge in [-0.15, -0.1) is 0 Å². The first-order valence-corrected chi connectivity index (χ1v) is 2.52. The highest BCUT2D eigenvalue weighted by Crippen LogP contribution is 1.49. The Morgan fingerprint density at radius 2 is 1.38 bits per heavy atom. The van der Waals surface area contributed by atoms with Crippen LogP contribution in [0, 0.1) is 0 Å². The third kappa shape index (κ3) is 9.30. The van der Waals surface area contributed by atoms with Crippen LogP contribution < -0.4 is 16.8 Å². The Bertz CT molecular complexity index is 26.9. The zero-order valence-corrected chi connectivity index (χ0v) is 4.48. The van der Waals surface area contributed by atoms with E-state index >= 15 is 0 Å². The van der Waals surface area contributed by atoms with Crippen molar-refractivity contribution in [1.82, 2.24) is 5.32 Å². The zero-order valence-electron chi connectivity index (χ0n) is 4.48. The van der Waals surface area contributed by atoms with Crippen LogP contribution in [0.15, 0.2) is 0 Å². The van der Waals surface area contributed by atoms with E-state index in [-0.39, 0.29) is 7.43 Å². The van der Waals surface area contributed by atoms with Gasteiger partial charge in [0.1, 0.15) is 0 Å². The van der Waals surface area contributed by atoms with Gasteiger partial charge in [0.15, 0.2) is 0 Å². The largest absolute Gasteiger partial charge is 0.329 e. The standard InChI is InChI=1S/C4H13N3.CH4/c5-1-3-7-4-2-6;/h7H,1-6H2;1H4. The van der Waals surface area contributed by atoms with Crippen LogP contribution in [0.1, 0.15) is 7.43 Å². The molecule has 0 atom stereocenters. The summed E-state index contributed by atoms with van der Waals surface area (Å²) in [5, 5.41) is 3.03. The van der Waals surface area contributed by atoms with Crippen molar-refractivity contribution in [2.45, 2.75) is 7.43 Å². The van der Waals surface area contributed by atoms with Gasteiger partial charge in [0.25, 0.3) is 0 Å². The molecule has 0 aromatic heterocycles. The highest BCUT2D eigenvalue weighted by Gasteiger charge is 1.76. The van der Waals surface area contributed by atoms with E-state index in [9.17, 15) is 0 Å². The highest BCUT2D eigenvalue weighted by molar-refractivity contribution is 4.45. The van der Waals surface area contributed by atoms with Gasteiger partial charge < -0.3 is 16.8 Å². The molecule has 0 aromatic rings. The van der Waals surface area contributed by atoms with E-state index in [0.29, 0.717) is 13.1 Å². The molecular formula is C5H17N3. The molecule has 52 valence electrons. The molecular weight excluding hydrogens is 102 g/mol. The number of nitrogens with two attached hydrogens (primary N) is 2. The van der Waals surface area contributed by atoms with Crippen molar-refractivity contribution in [1.29, 1.82) is 0 Å². The molecule has 0 saturated heterocycles. The maximum Gasteiger partial charge on any atom is 0.00750 e. The first-order valence-electron chi connectivity index (χ1n) is 2.52. The fraction of sp³-hybridized carbons (Fsp3) is 1.00. The molecule has 0 saturated carbocycles. The molecule has 0 aliphatic carbocycles. The van der Waals surface area contributed by atoms with Gasteiger partial charge in [-0.05, 0) is 0 Å². The third-order valence-corrected chi connectivity index (χ3v) is 0.642. The van der Waals surface area contributed by atoms with Crippen LogP contribution in [-0.4, -0.2) is 26.2 Å². The predicted molar refractivity (Wildman–Crippen MR) is 37.7 cm³/mol. The first-order chi connectivity index (χ1) is 3.41. The van der Waals surface area contributed by atoms with Crippen molar-refractivity contribution in [3.8, 4) is 0 Å². The third-order valence-electron chi connectivity index (χ3n) is 0.642. The summed E-state index contributed by atoms with van der Waals surface area (Å²) in [6.07, 6.45) is 0. The molecule has 3 heteroatoms. The molecule has 0 amide bonds. The van der Waals surface area contributed by atoms with Crippen molar-refractivity contribution in [2.24, 2.45) is 11.5 Å². The number of rotatable bonds is 4. The van der Waals surface area contributed by atoms with Gasteiger partial charge in [-0.25, -0.2) is 0 Å². The summed E-state index contributed by atoms with van der Waals surface area (Å²) in [5.74, 6) is 0. The minimum atomic E-state index is 0. The highest BCUT2D eigenvalue weighted by atomic mass is 14.9. The van der Waals surface area contributed by atoms with Gasteiger partial charge in [0, 0.05) is 26.2 Å². The van der Waals surface area contributed by atoms with Crippen LogP contribution in [0.3, 0.4) is 0 Å². The van der Waals surface area contributed by atoms with Crippen LogP contribution in [0.2, 0.25) is 0 Å². The molecule has 0 heterocycles. The minimum absolute atomic E-state index is 0. The van der Waals surface area contributed by atoms with Crippen LogP contribution >= 0.6 is 0 Å². The Kier molecular flexibility index (Phi) is 13.5. The number of nitrogens with one attached hydrogen (secondary N) is 1. The Morgan fingerprint density at radius 1 is 1.00 bits per heavy atom. The Labute approximate surface area is 51.4 Å². The SMILES string of the molecule is C.NCCNCCN. The van der Waals surface area contributed by atoms with Crippen molar-refractivity contribution in [2.75, 3.05) is 26.2 Å². The van der Waals surface area contributed by atoms with Gasteiger partial charge in [-0.1, -0.05) is 7.43 Å². The summed E-state index contributed by atoms with van der Waals surface area (Å²) in [7, 11) is 0. The minimum Gasteiger partial charge on any atom is -0.329 e. The molecule has 0 aliphatic heterocycles. The van der Waals surface area contributed by atoms with Gasteiger partial charge in [0.2, 0.25) is 0 Å². The monoisotopic (exact) mass is 119 g/mol. The zero-order chi connectivity index (χ0) is 5.54. The molecule has 8 heavy (non-hydrogen) atoms. The van der Waals surface area contributed by atoms with Crippen LogP contribution in [0.25, 0.3) is 0 Å². The van der Waals surface area contributed by atoms with E-state index in [1.807, 2.05) is 0 Å². The van der Waals surface area contributed by atoms with Gasteiger partial charge in [0.05, 0.1) is 0 Å².